The maximum Gasteiger partial charge on any atom is 0.267 e. The van der Waals surface area contributed by atoms with E-state index in [-0.39, 0.29) is 23.5 Å². The normalized spacial score (nSPS) is 23.8. The fraction of sp³-hybridized carbons (Fsp3) is 0.444. The van der Waals surface area contributed by atoms with Crippen LogP contribution >= 0.6 is 24.0 Å². The van der Waals surface area contributed by atoms with Crippen LogP contribution in [0, 0.1) is 0 Å². The van der Waals surface area contributed by atoms with Gasteiger partial charge in [-0.1, -0.05) is 54.3 Å². The average molecular weight is 411 g/mol. The molecule has 0 N–H and O–H groups in total. The summed E-state index contributed by atoms with van der Waals surface area (Å²) in [5.74, 6) is 0.293. The van der Waals surface area contributed by atoms with E-state index in [0.29, 0.717) is 28.7 Å². The standard InChI is InChI=1S/C18H22N2O3S3/c1-2-19(15-9-11-26(22,23)13-15)12-16-17(21)20(18(24)25-16)10-8-14-6-4-3-5-7-14/h3-7,12,15H,2,8-11,13H2,1H3/b16-12-/t15-/m1/s1. The number of carbonyl (C=O) groups excluding carboxylic acids is 1. The van der Waals surface area contributed by atoms with Crippen LogP contribution in [0.1, 0.15) is 18.9 Å². The predicted octanol–water partition coefficient (Wildman–Crippen LogP) is 2.44. The number of benzene rings is 1. The summed E-state index contributed by atoms with van der Waals surface area (Å²) >= 11 is 6.68. The van der Waals surface area contributed by atoms with Gasteiger partial charge in [-0.2, -0.15) is 0 Å². The molecule has 0 saturated carbocycles. The topological polar surface area (TPSA) is 57.7 Å². The van der Waals surface area contributed by atoms with Crippen molar-refractivity contribution in [3.63, 3.8) is 0 Å². The molecule has 2 saturated heterocycles. The van der Waals surface area contributed by atoms with E-state index < -0.39 is 9.84 Å². The van der Waals surface area contributed by atoms with Gasteiger partial charge in [0, 0.05) is 25.3 Å². The van der Waals surface area contributed by atoms with E-state index >= 15 is 0 Å². The maximum atomic E-state index is 12.7. The molecule has 0 aliphatic carbocycles. The largest absolute Gasteiger partial charge is 0.373 e. The molecule has 1 amide bonds. The van der Waals surface area contributed by atoms with Gasteiger partial charge in [-0.25, -0.2) is 8.42 Å². The number of thioether (sulfide) groups is 1. The molecule has 8 heteroatoms. The smallest absolute Gasteiger partial charge is 0.267 e. The summed E-state index contributed by atoms with van der Waals surface area (Å²) in [4.78, 5) is 16.9. The zero-order valence-corrected chi connectivity index (χ0v) is 17.1. The molecule has 5 nitrogen and oxygen atoms in total. The van der Waals surface area contributed by atoms with Crippen molar-refractivity contribution in [3.05, 3.63) is 47.0 Å². The fourth-order valence-corrected chi connectivity index (χ4v) is 6.26. The zero-order chi connectivity index (χ0) is 18.7. The predicted molar refractivity (Wildman–Crippen MR) is 110 cm³/mol. The first-order chi connectivity index (χ1) is 12.4. The molecular formula is C18H22N2O3S3. The first kappa shape index (κ1) is 19.4. The minimum absolute atomic E-state index is 0.0576. The van der Waals surface area contributed by atoms with Crippen LogP contribution < -0.4 is 0 Å². The van der Waals surface area contributed by atoms with Gasteiger partial charge in [0.2, 0.25) is 0 Å². The lowest BCUT2D eigenvalue weighted by atomic mass is 10.1. The van der Waals surface area contributed by atoms with Crippen LogP contribution in [0.25, 0.3) is 0 Å². The number of nitrogens with zero attached hydrogens (tertiary/aromatic N) is 2. The van der Waals surface area contributed by atoms with Crippen molar-refractivity contribution < 1.29 is 13.2 Å². The molecule has 0 unspecified atom stereocenters. The number of carbonyl (C=O) groups is 1. The molecule has 140 valence electrons. The number of rotatable bonds is 6. The highest BCUT2D eigenvalue weighted by atomic mass is 32.2. The van der Waals surface area contributed by atoms with Crippen LogP contribution in [0.5, 0.6) is 0 Å². The van der Waals surface area contributed by atoms with Crippen LogP contribution in [0.15, 0.2) is 41.4 Å². The first-order valence-corrected chi connectivity index (χ1v) is 11.7. The van der Waals surface area contributed by atoms with E-state index in [2.05, 4.69) is 0 Å². The van der Waals surface area contributed by atoms with Gasteiger partial charge in [0.15, 0.2) is 9.84 Å². The molecule has 0 radical (unpaired) electrons. The summed E-state index contributed by atoms with van der Waals surface area (Å²) in [6, 6.07) is 9.94. The second-order valence-corrected chi connectivity index (χ2v) is 10.3. The average Bonchev–Trinajstić information content (AvgIpc) is 3.11. The lowest BCUT2D eigenvalue weighted by Gasteiger charge is -2.25. The van der Waals surface area contributed by atoms with Crippen LogP contribution in [-0.2, 0) is 21.1 Å². The van der Waals surface area contributed by atoms with E-state index in [1.54, 1.807) is 11.1 Å². The Hall–Kier alpha value is -1.38. The Labute approximate surface area is 164 Å². The third-order valence-electron chi connectivity index (χ3n) is 4.67. The molecule has 2 aliphatic heterocycles. The van der Waals surface area contributed by atoms with Crippen molar-refractivity contribution in [1.82, 2.24) is 9.80 Å². The molecule has 1 aromatic rings. The Morgan fingerprint density at radius 2 is 2.08 bits per heavy atom. The van der Waals surface area contributed by atoms with E-state index in [9.17, 15) is 13.2 Å². The van der Waals surface area contributed by atoms with Crippen molar-refractivity contribution in [1.29, 1.82) is 0 Å². The monoisotopic (exact) mass is 410 g/mol. The van der Waals surface area contributed by atoms with Gasteiger partial charge in [-0.3, -0.25) is 9.69 Å². The number of sulfone groups is 1. The van der Waals surface area contributed by atoms with Crippen LogP contribution in [0.4, 0.5) is 0 Å². The van der Waals surface area contributed by atoms with Gasteiger partial charge in [-0.15, -0.1) is 0 Å². The maximum absolute atomic E-state index is 12.7. The highest BCUT2D eigenvalue weighted by Crippen LogP contribution is 2.32. The zero-order valence-electron chi connectivity index (χ0n) is 14.6. The molecule has 1 aromatic carbocycles. The van der Waals surface area contributed by atoms with Crippen molar-refractivity contribution >= 4 is 44.0 Å². The minimum atomic E-state index is -2.96. The molecule has 0 aromatic heterocycles. The van der Waals surface area contributed by atoms with Gasteiger partial charge in [0.1, 0.15) is 4.32 Å². The highest BCUT2D eigenvalue weighted by Gasteiger charge is 2.35. The summed E-state index contributed by atoms with van der Waals surface area (Å²) in [5, 5.41) is 0. The summed E-state index contributed by atoms with van der Waals surface area (Å²) in [7, 11) is -2.96. The second kappa shape index (κ2) is 8.10. The first-order valence-electron chi connectivity index (χ1n) is 8.65. The van der Waals surface area contributed by atoms with Crippen LogP contribution in [0.3, 0.4) is 0 Å². The number of amides is 1. The number of hydrogen-bond acceptors (Lipinski definition) is 6. The van der Waals surface area contributed by atoms with E-state index in [1.807, 2.05) is 42.2 Å². The summed E-state index contributed by atoms with van der Waals surface area (Å²) in [6.45, 7) is 3.18. The minimum Gasteiger partial charge on any atom is -0.373 e. The van der Waals surface area contributed by atoms with Gasteiger partial charge in [-0.05, 0) is 25.3 Å². The third kappa shape index (κ3) is 4.47. The molecule has 3 rings (SSSR count). The van der Waals surface area contributed by atoms with Gasteiger partial charge >= 0.3 is 0 Å². The lowest BCUT2D eigenvalue weighted by Crippen LogP contribution is -2.33. The van der Waals surface area contributed by atoms with Gasteiger partial charge < -0.3 is 4.90 Å². The summed E-state index contributed by atoms with van der Waals surface area (Å²) < 4.78 is 24.0. The van der Waals surface area contributed by atoms with E-state index in [0.717, 1.165) is 12.0 Å². The van der Waals surface area contributed by atoms with Crippen molar-refractivity contribution in [2.24, 2.45) is 0 Å². The Bertz CT molecular complexity index is 821. The summed E-state index contributed by atoms with van der Waals surface area (Å²) in [5.41, 5.74) is 1.16. The molecule has 26 heavy (non-hydrogen) atoms. The third-order valence-corrected chi connectivity index (χ3v) is 7.78. The summed E-state index contributed by atoms with van der Waals surface area (Å²) in [6.07, 6.45) is 3.16. The Morgan fingerprint density at radius 1 is 1.35 bits per heavy atom. The molecule has 2 heterocycles. The molecule has 1 atom stereocenters. The van der Waals surface area contributed by atoms with Crippen LogP contribution in [0.2, 0.25) is 0 Å². The van der Waals surface area contributed by atoms with Crippen LogP contribution in [-0.4, -0.2) is 59.1 Å². The van der Waals surface area contributed by atoms with Gasteiger partial charge in [0.25, 0.3) is 5.91 Å². The molecule has 2 aliphatic rings. The number of thiocarbonyl (C=S) groups is 1. The molecule has 0 bridgehead atoms. The molecule has 2 fully saturated rings. The van der Waals surface area contributed by atoms with Crippen molar-refractivity contribution in [3.8, 4) is 0 Å². The number of hydrogen-bond donors (Lipinski definition) is 0. The van der Waals surface area contributed by atoms with Crippen molar-refractivity contribution in [2.45, 2.75) is 25.8 Å². The SMILES string of the molecule is CCN(/C=C1\SC(=S)N(CCc2ccccc2)C1=O)[C@@H]1CCS(=O)(=O)C1. The Kier molecular flexibility index (Phi) is 6.04. The van der Waals surface area contributed by atoms with E-state index in [1.165, 1.54) is 11.8 Å². The van der Waals surface area contributed by atoms with Gasteiger partial charge in [0.05, 0.1) is 16.4 Å². The van der Waals surface area contributed by atoms with Crippen molar-refractivity contribution in [2.75, 3.05) is 24.6 Å². The molecule has 0 spiro atoms. The Morgan fingerprint density at radius 3 is 2.69 bits per heavy atom. The fourth-order valence-electron chi connectivity index (χ4n) is 3.21. The van der Waals surface area contributed by atoms with E-state index in [4.69, 9.17) is 12.2 Å². The molecular weight excluding hydrogens is 388 g/mol. The quantitative estimate of drug-likeness (QED) is 0.530. The lowest BCUT2D eigenvalue weighted by molar-refractivity contribution is -0.122. The Balaban J connectivity index is 1.68. The highest BCUT2D eigenvalue weighted by molar-refractivity contribution is 8.26. The second-order valence-electron chi connectivity index (χ2n) is 6.44.